The average molecular weight is 409 g/mol. The molecule has 0 amide bonds. The fourth-order valence-corrected chi connectivity index (χ4v) is 4.67. The van der Waals surface area contributed by atoms with Crippen LogP contribution in [0.25, 0.3) is 0 Å². The molecule has 0 aliphatic carbocycles. The maximum Gasteiger partial charge on any atom is 0.0622 e. The molecule has 0 radical (unpaired) electrons. The minimum atomic E-state index is 0.617. The van der Waals surface area contributed by atoms with Crippen molar-refractivity contribution in [3.8, 4) is 0 Å². The van der Waals surface area contributed by atoms with Gasteiger partial charge in [-0.1, -0.05) is 85.6 Å². The Kier molecular flexibility index (Phi) is 20.7. The topological polar surface area (TPSA) is 6.48 Å². The van der Waals surface area contributed by atoms with Crippen molar-refractivity contribution in [2.45, 2.75) is 131 Å². The summed E-state index contributed by atoms with van der Waals surface area (Å²) in [4.78, 5) is 5.55. The van der Waals surface area contributed by atoms with Gasteiger partial charge in [0.25, 0.3) is 0 Å². The third-order valence-corrected chi connectivity index (χ3v) is 6.19. The van der Waals surface area contributed by atoms with E-state index in [0.29, 0.717) is 12.1 Å². The van der Waals surface area contributed by atoms with Gasteiger partial charge in [-0.15, -0.1) is 6.58 Å². The van der Waals surface area contributed by atoms with Crippen LogP contribution < -0.4 is 0 Å². The molecule has 0 aromatic heterocycles. The van der Waals surface area contributed by atoms with Crippen molar-refractivity contribution in [1.29, 1.82) is 0 Å². The summed E-state index contributed by atoms with van der Waals surface area (Å²) >= 11 is 0. The third-order valence-electron chi connectivity index (χ3n) is 6.19. The molecule has 0 saturated carbocycles. The summed E-state index contributed by atoms with van der Waals surface area (Å²) < 4.78 is 0. The predicted molar refractivity (Wildman–Crippen MR) is 134 cm³/mol. The quantitative estimate of drug-likeness (QED) is 0.101. The standard InChI is InChI=1S/C27H56N2/c1-7-13-14-15-16-17-18-19-26(12-6)20-21-27(28(22-8-2)23-9-3)29(24-10-4)25-11-5/h12,26-27H,6-11,13-25H2,1-5H3. The van der Waals surface area contributed by atoms with E-state index < -0.39 is 0 Å². The minimum Gasteiger partial charge on any atom is -0.288 e. The summed E-state index contributed by atoms with van der Waals surface area (Å²) in [5.41, 5.74) is 0. The van der Waals surface area contributed by atoms with Crippen LogP contribution in [0, 0.1) is 5.92 Å². The Hall–Kier alpha value is -0.340. The average Bonchev–Trinajstić information content (AvgIpc) is 2.72. The van der Waals surface area contributed by atoms with E-state index in [1.54, 1.807) is 0 Å². The summed E-state index contributed by atoms with van der Waals surface area (Å²) in [6.07, 6.45) is 21.7. The summed E-state index contributed by atoms with van der Waals surface area (Å²) in [6, 6.07) is 0. The van der Waals surface area contributed by atoms with Gasteiger partial charge >= 0.3 is 0 Å². The highest BCUT2D eigenvalue weighted by Gasteiger charge is 2.24. The second-order valence-corrected chi connectivity index (χ2v) is 9.04. The van der Waals surface area contributed by atoms with Crippen LogP contribution in [0.1, 0.15) is 125 Å². The molecule has 0 spiro atoms. The minimum absolute atomic E-state index is 0.617. The maximum atomic E-state index is 4.19. The molecule has 0 aliphatic heterocycles. The van der Waals surface area contributed by atoms with E-state index in [9.17, 15) is 0 Å². The van der Waals surface area contributed by atoms with Gasteiger partial charge in [0.05, 0.1) is 6.17 Å². The van der Waals surface area contributed by atoms with Crippen LogP contribution in [-0.4, -0.2) is 42.1 Å². The molecule has 29 heavy (non-hydrogen) atoms. The zero-order chi connectivity index (χ0) is 21.7. The molecular formula is C27H56N2. The Morgan fingerprint density at radius 1 is 0.552 bits per heavy atom. The molecule has 1 atom stereocenters. The van der Waals surface area contributed by atoms with Crippen molar-refractivity contribution < 1.29 is 0 Å². The van der Waals surface area contributed by atoms with Crippen LogP contribution in [0.5, 0.6) is 0 Å². The molecule has 2 nitrogen and oxygen atoms in total. The molecule has 0 fully saturated rings. The highest BCUT2D eigenvalue weighted by molar-refractivity contribution is 4.82. The van der Waals surface area contributed by atoms with E-state index in [4.69, 9.17) is 0 Å². The largest absolute Gasteiger partial charge is 0.288 e. The number of rotatable bonds is 22. The molecule has 0 aromatic rings. The lowest BCUT2D eigenvalue weighted by Crippen LogP contribution is -2.49. The van der Waals surface area contributed by atoms with E-state index in [1.807, 2.05) is 0 Å². The second kappa shape index (κ2) is 20.9. The summed E-state index contributed by atoms with van der Waals surface area (Å²) in [6.45, 7) is 20.7. The molecule has 0 bridgehead atoms. The third kappa shape index (κ3) is 14.3. The fraction of sp³-hybridized carbons (Fsp3) is 0.926. The van der Waals surface area contributed by atoms with E-state index in [2.05, 4.69) is 57.1 Å². The first kappa shape index (κ1) is 28.7. The Morgan fingerprint density at radius 3 is 1.41 bits per heavy atom. The monoisotopic (exact) mass is 408 g/mol. The summed E-state index contributed by atoms with van der Waals surface area (Å²) in [5.74, 6) is 0.698. The highest BCUT2D eigenvalue weighted by Crippen LogP contribution is 2.23. The first-order valence-corrected chi connectivity index (χ1v) is 13.3. The number of allylic oxidation sites excluding steroid dienone is 1. The van der Waals surface area contributed by atoms with Crippen LogP contribution in [0.15, 0.2) is 12.7 Å². The zero-order valence-corrected chi connectivity index (χ0v) is 21.1. The van der Waals surface area contributed by atoms with Crippen LogP contribution in [-0.2, 0) is 0 Å². The van der Waals surface area contributed by atoms with Gasteiger partial charge in [0.2, 0.25) is 0 Å². The van der Waals surface area contributed by atoms with E-state index in [0.717, 1.165) is 0 Å². The van der Waals surface area contributed by atoms with Gasteiger partial charge in [-0.25, -0.2) is 0 Å². The molecule has 0 rings (SSSR count). The summed E-state index contributed by atoms with van der Waals surface area (Å²) in [7, 11) is 0. The van der Waals surface area contributed by atoms with Crippen LogP contribution in [0.2, 0.25) is 0 Å². The Balaban J connectivity index is 4.69. The number of unbranched alkanes of at least 4 members (excludes halogenated alkanes) is 6. The van der Waals surface area contributed by atoms with Crippen LogP contribution >= 0.6 is 0 Å². The van der Waals surface area contributed by atoms with Gasteiger partial charge in [0, 0.05) is 0 Å². The summed E-state index contributed by atoms with van der Waals surface area (Å²) in [5, 5.41) is 0. The fourth-order valence-electron chi connectivity index (χ4n) is 4.67. The van der Waals surface area contributed by atoms with Gasteiger partial charge in [-0.3, -0.25) is 9.80 Å². The number of hydrogen-bond acceptors (Lipinski definition) is 2. The van der Waals surface area contributed by atoms with E-state index in [1.165, 1.54) is 116 Å². The molecular weight excluding hydrogens is 352 g/mol. The van der Waals surface area contributed by atoms with Crippen LogP contribution in [0.4, 0.5) is 0 Å². The highest BCUT2D eigenvalue weighted by atomic mass is 15.3. The first-order chi connectivity index (χ1) is 14.2. The SMILES string of the molecule is C=CC(CCCCCCCCC)CCC(N(CCC)CCC)N(CCC)CCC. The first-order valence-electron chi connectivity index (χ1n) is 13.3. The van der Waals surface area contributed by atoms with Crippen molar-refractivity contribution in [3.63, 3.8) is 0 Å². The van der Waals surface area contributed by atoms with Crippen LogP contribution in [0.3, 0.4) is 0 Å². The molecule has 2 heteroatoms. The Labute approximate surface area is 185 Å². The van der Waals surface area contributed by atoms with Crippen molar-refractivity contribution in [2.24, 2.45) is 5.92 Å². The predicted octanol–water partition coefficient (Wildman–Crippen LogP) is 8.28. The molecule has 0 aromatic carbocycles. The lowest BCUT2D eigenvalue weighted by molar-refractivity contribution is 0.0312. The normalized spacial score (nSPS) is 13.0. The molecule has 0 aliphatic rings. The van der Waals surface area contributed by atoms with E-state index in [-0.39, 0.29) is 0 Å². The smallest absolute Gasteiger partial charge is 0.0622 e. The number of hydrogen-bond donors (Lipinski definition) is 0. The molecule has 0 saturated heterocycles. The molecule has 0 N–H and O–H groups in total. The molecule has 1 unspecified atom stereocenters. The van der Waals surface area contributed by atoms with Gasteiger partial charge in [-0.2, -0.15) is 0 Å². The van der Waals surface area contributed by atoms with Crippen molar-refractivity contribution in [1.82, 2.24) is 9.80 Å². The number of nitrogens with zero attached hydrogens (tertiary/aromatic N) is 2. The van der Waals surface area contributed by atoms with Crippen molar-refractivity contribution in [2.75, 3.05) is 26.2 Å². The second-order valence-electron chi connectivity index (χ2n) is 9.04. The molecule has 174 valence electrons. The Bertz CT molecular complexity index is 313. The lowest BCUT2D eigenvalue weighted by atomic mass is 9.94. The zero-order valence-electron chi connectivity index (χ0n) is 21.1. The lowest BCUT2D eigenvalue weighted by Gasteiger charge is -2.40. The van der Waals surface area contributed by atoms with Crippen molar-refractivity contribution >= 4 is 0 Å². The molecule has 0 heterocycles. The van der Waals surface area contributed by atoms with Crippen molar-refractivity contribution in [3.05, 3.63) is 12.7 Å². The van der Waals surface area contributed by atoms with Gasteiger partial charge in [-0.05, 0) is 77.0 Å². The Morgan fingerprint density at radius 2 is 1.00 bits per heavy atom. The van der Waals surface area contributed by atoms with Gasteiger partial charge in [0.1, 0.15) is 0 Å². The maximum absolute atomic E-state index is 4.19. The van der Waals surface area contributed by atoms with Gasteiger partial charge in [0.15, 0.2) is 0 Å². The van der Waals surface area contributed by atoms with Gasteiger partial charge < -0.3 is 0 Å². The van der Waals surface area contributed by atoms with E-state index >= 15 is 0 Å².